The molecule has 1 aromatic carbocycles. The highest BCUT2D eigenvalue weighted by molar-refractivity contribution is 5.85. The molecule has 1 aromatic rings. The van der Waals surface area contributed by atoms with Gasteiger partial charge in [-0.15, -0.1) is 0 Å². The molecule has 4 aliphatic carbocycles. The first-order valence-corrected chi connectivity index (χ1v) is 11.2. The fourth-order valence-corrected chi connectivity index (χ4v) is 6.90. The number of rotatable bonds is 4. The van der Waals surface area contributed by atoms with Crippen molar-refractivity contribution in [3.63, 3.8) is 0 Å². The summed E-state index contributed by atoms with van der Waals surface area (Å²) in [5.74, 6) is 3.64. The zero-order valence-electron chi connectivity index (χ0n) is 17.4. The Morgan fingerprint density at radius 2 is 1.62 bits per heavy atom. The van der Waals surface area contributed by atoms with Gasteiger partial charge < -0.3 is 14.5 Å². The van der Waals surface area contributed by atoms with Crippen LogP contribution in [0.4, 0.5) is 0 Å². The largest absolute Gasteiger partial charge is 0.497 e. The molecule has 6 rings (SSSR count). The predicted octanol–water partition coefficient (Wildman–Crippen LogP) is 3.47. The van der Waals surface area contributed by atoms with Gasteiger partial charge in [0.2, 0.25) is 11.8 Å². The van der Waals surface area contributed by atoms with Gasteiger partial charge in [0.05, 0.1) is 12.5 Å². The lowest BCUT2D eigenvalue weighted by Gasteiger charge is -2.56. The van der Waals surface area contributed by atoms with Crippen molar-refractivity contribution in [3.05, 3.63) is 29.8 Å². The minimum absolute atomic E-state index is 0.108. The standard InChI is InChI=1S/C24H32N2O3/c1-29-21-4-2-17(3-5-21)16-26-9-8-25(7-6-22(26)27)23(28)24-13-18-10-19(14-24)12-20(11-18)15-24/h2-5,18-20H,6-16H2,1H3. The molecule has 1 aliphatic heterocycles. The summed E-state index contributed by atoms with van der Waals surface area (Å²) in [6.07, 6.45) is 7.77. The number of benzene rings is 1. The molecule has 5 nitrogen and oxygen atoms in total. The van der Waals surface area contributed by atoms with Gasteiger partial charge in [0.15, 0.2) is 0 Å². The van der Waals surface area contributed by atoms with Crippen molar-refractivity contribution in [2.75, 3.05) is 26.7 Å². The molecule has 5 fully saturated rings. The molecule has 0 atom stereocenters. The van der Waals surface area contributed by atoms with Crippen LogP contribution in [0, 0.1) is 23.2 Å². The van der Waals surface area contributed by atoms with E-state index in [4.69, 9.17) is 4.74 Å². The maximum atomic E-state index is 13.6. The van der Waals surface area contributed by atoms with Crippen LogP contribution in [0.25, 0.3) is 0 Å². The van der Waals surface area contributed by atoms with E-state index in [1.165, 1.54) is 19.3 Å². The second-order valence-electron chi connectivity index (χ2n) is 9.90. The number of ether oxygens (including phenoxy) is 1. The van der Waals surface area contributed by atoms with Crippen molar-refractivity contribution in [1.29, 1.82) is 0 Å². The average Bonchev–Trinajstić information content (AvgIpc) is 2.89. The second-order valence-corrected chi connectivity index (χ2v) is 9.90. The summed E-state index contributed by atoms with van der Waals surface area (Å²) < 4.78 is 5.22. The van der Waals surface area contributed by atoms with Gasteiger partial charge in [-0.25, -0.2) is 0 Å². The van der Waals surface area contributed by atoms with Gasteiger partial charge in [-0.2, -0.15) is 0 Å². The van der Waals surface area contributed by atoms with E-state index in [2.05, 4.69) is 0 Å². The van der Waals surface area contributed by atoms with Crippen molar-refractivity contribution >= 4 is 11.8 Å². The molecule has 4 bridgehead atoms. The Bertz CT molecular complexity index is 753. The fourth-order valence-electron chi connectivity index (χ4n) is 6.90. The van der Waals surface area contributed by atoms with Crippen molar-refractivity contribution < 1.29 is 14.3 Å². The highest BCUT2D eigenvalue weighted by Crippen LogP contribution is 2.60. The minimum Gasteiger partial charge on any atom is -0.497 e. The van der Waals surface area contributed by atoms with Crippen molar-refractivity contribution in [1.82, 2.24) is 9.80 Å². The number of amides is 2. The van der Waals surface area contributed by atoms with Gasteiger partial charge >= 0.3 is 0 Å². The SMILES string of the molecule is COc1ccc(CN2CCN(C(=O)C34CC5CC(CC(C5)C3)C4)CCC2=O)cc1. The first-order chi connectivity index (χ1) is 14.0. The third-order valence-corrected chi connectivity index (χ3v) is 7.90. The van der Waals surface area contributed by atoms with E-state index in [0.717, 1.165) is 48.3 Å². The van der Waals surface area contributed by atoms with Crippen molar-refractivity contribution in [2.24, 2.45) is 23.2 Å². The molecule has 1 heterocycles. The first-order valence-electron chi connectivity index (χ1n) is 11.2. The normalized spacial score (nSPS) is 33.7. The molecule has 0 radical (unpaired) electrons. The van der Waals surface area contributed by atoms with E-state index in [0.29, 0.717) is 38.5 Å². The van der Waals surface area contributed by atoms with Gasteiger partial charge in [0, 0.05) is 32.6 Å². The highest BCUT2D eigenvalue weighted by Gasteiger charge is 2.55. The maximum absolute atomic E-state index is 13.6. The molecule has 5 aliphatic rings. The lowest BCUT2D eigenvalue weighted by Crippen LogP contribution is -2.55. The van der Waals surface area contributed by atoms with E-state index in [-0.39, 0.29) is 11.3 Å². The van der Waals surface area contributed by atoms with Gasteiger partial charge in [0.1, 0.15) is 5.75 Å². The average molecular weight is 397 g/mol. The van der Waals surface area contributed by atoms with Crippen LogP contribution in [0.3, 0.4) is 0 Å². The lowest BCUT2D eigenvalue weighted by molar-refractivity contribution is -0.157. The van der Waals surface area contributed by atoms with Gasteiger partial charge in [-0.1, -0.05) is 12.1 Å². The molecule has 0 unspecified atom stereocenters. The Morgan fingerprint density at radius 3 is 2.21 bits per heavy atom. The van der Waals surface area contributed by atoms with Crippen LogP contribution in [-0.2, 0) is 16.1 Å². The third kappa shape index (κ3) is 3.53. The summed E-state index contributed by atoms with van der Waals surface area (Å²) in [5.41, 5.74) is 0.989. The number of hydrogen-bond donors (Lipinski definition) is 0. The molecular weight excluding hydrogens is 364 g/mol. The molecule has 4 saturated carbocycles. The molecular formula is C24H32N2O3. The molecule has 0 aromatic heterocycles. The summed E-state index contributed by atoms with van der Waals surface area (Å²) >= 11 is 0. The molecule has 5 heteroatoms. The molecule has 2 amide bonds. The monoisotopic (exact) mass is 396 g/mol. The Balaban J connectivity index is 1.25. The Morgan fingerprint density at radius 1 is 1.00 bits per heavy atom. The predicted molar refractivity (Wildman–Crippen MR) is 110 cm³/mol. The van der Waals surface area contributed by atoms with Crippen molar-refractivity contribution in [2.45, 2.75) is 51.5 Å². The Hall–Kier alpha value is -2.04. The van der Waals surface area contributed by atoms with E-state index in [1.54, 1.807) is 7.11 Å². The first kappa shape index (κ1) is 19.0. The van der Waals surface area contributed by atoms with Crippen LogP contribution >= 0.6 is 0 Å². The summed E-state index contributed by atoms with van der Waals surface area (Å²) in [7, 11) is 1.66. The summed E-state index contributed by atoms with van der Waals surface area (Å²) in [6, 6.07) is 7.88. The van der Waals surface area contributed by atoms with Crippen LogP contribution in [0.1, 0.15) is 50.5 Å². The molecule has 0 N–H and O–H groups in total. The van der Waals surface area contributed by atoms with Gasteiger partial charge in [-0.3, -0.25) is 9.59 Å². The molecule has 29 heavy (non-hydrogen) atoms. The van der Waals surface area contributed by atoms with E-state index < -0.39 is 0 Å². The quantitative estimate of drug-likeness (QED) is 0.783. The van der Waals surface area contributed by atoms with Crippen LogP contribution in [0.15, 0.2) is 24.3 Å². The zero-order chi connectivity index (χ0) is 20.0. The number of carbonyl (C=O) groups excluding carboxylic acids is 2. The fraction of sp³-hybridized carbons (Fsp3) is 0.667. The maximum Gasteiger partial charge on any atom is 0.228 e. The van der Waals surface area contributed by atoms with Gasteiger partial charge in [0.25, 0.3) is 0 Å². The third-order valence-electron chi connectivity index (χ3n) is 7.90. The summed E-state index contributed by atoms with van der Waals surface area (Å²) in [6.45, 7) is 2.48. The van der Waals surface area contributed by atoms with E-state index in [1.807, 2.05) is 34.1 Å². The van der Waals surface area contributed by atoms with Crippen LogP contribution in [-0.4, -0.2) is 48.4 Å². The number of carbonyl (C=O) groups is 2. The van der Waals surface area contributed by atoms with E-state index in [9.17, 15) is 9.59 Å². The lowest BCUT2D eigenvalue weighted by atomic mass is 9.49. The van der Waals surface area contributed by atoms with Crippen LogP contribution in [0.2, 0.25) is 0 Å². The Kier molecular flexibility index (Phi) is 4.79. The number of nitrogens with zero attached hydrogens (tertiary/aromatic N) is 2. The number of methoxy groups -OCH3 is 1. The Labute approximate surface area is 173 Å². The zero-order valence-corrected chi connectivity index (χ0v) is 17.4. The summed E-state index contributed by atoms with van der Waals surface area (Å²) in [4.78, 5) is 30.3. The topological polar surface area (TPSA) is 49.9 Å². The van der Waals surface area contributed by atoms with Crippen molar-refractivity contribution in [3.8, 4) is 5.75 Å². The smallest absolute Gasteiger partial charge is 0.228 e. The van der Waals surface area contributed by atoms with E-state index >= 15 is 0 Å². The minimum atomic E-state index is -0.108. The molecule has 0 spiro atoms. The molecule has 156 valence electrons. The molecule has 1 saturated heterocycles. The van der Waals surface area contributed by atoms with Crippen LogP contribution < -0.4 is 4.74 Å². The van der Waals surface area contributed by atoms with Gasteiger partial charge in [-0.05, 0) is 74.0 Å². The highest BCUT2D eigenvalue weighted by atomic mass is 16.5. The number of hydrogen-bond acceptors (Lipinski definition) is 3. The van der Waals surface area contributed by atoms with Crippen LogP contribution in [0.5, 0.6) is 5.75 Å². The summed E-state index contributed by atoms with van der Waals surface area (Å²) in [5, 5.41) is 0. The second kappa shape index (κ2) is 7.33.